The summed E-state index contributed by atoms with van der Waals surface area (Å²) in [7, 11) is 1.75. The molecule has 0 saturated carbocycles. The summed E-state index contributed by atoms with van der Waals surface area (Å²) < 4.78 is 5.50. The predicted octanol–water partition coefficient (Wildman–Crippen LogP) is 3.60. The van der Waals surface area contributed by atoms with Gasteiger partial charge in [-0.2, -0.15) is 0 Å². The lowest BCUT2D eigenvalue weighted by molar-refractivity contribution is 0.289. The van der Waals surface area contributed by atoms with Crippen molar-refractivity contribution in [3.8, 4) is 5.75 Å². The van der Waals surface area contributed by atoms with Crippen molar-refractivity contribution in [2.24, 2.45) is 0 Å². The number of ether oxygens (including phenoxy) is 1. The van der Waals surface area contributed by atoms with Crippen molar-refractivity contribution in [2.75, 3.05) is 26.7 Å². The number of rotatable bonds is 9. The van der Waals surface area contributed by atoms with Gasteiger partial charge in [0.25, 0.3) is 0 Å². The maximum atomic E-state index is 5.50. The molecule has 1 N–H and O–H groups in total. The van der Waals surface area contributed by atoms with Gasteiger partial charge in [0.2, 0.25) is 0 Å². The van der Waals surface area contributed by atoms with Gasteiger partial charge in [0.15, 0.2) is 0 Å². The molecule has 0 bridgehead atoms. The molecule has 20 heavy (non-hydrogen) atoms. The zero-order chi connectivity index (χ0) is 15.0. The van der Waals surface area contributed by atoms with Crippen LogP contribution in [0, 0.1) is 0 Å². The Morgan fingerprint density at radius 2 is 1.90 bits per heavy atom. The van der Waals surface area contributed by atoms with Gasteiger partial charge in [0.1, 0.15) is 5.75 Å². The van der Waals surface area contributed by atoms with Crippen LogP contribution in [-0.2, 0) is 6.54 Å². The number of hydrogen-bond donors (Lipinski definition) is 1. The summed E-state index contributed by atoms with van der Waals surface area (Å²) in [6.07, 6.45) is 1.16. The minimum absolute atomic E-state index is 0.385. The molecule has 0 radical (unpaired) electrons. The molecule has 3 nitrogen and oxygen atoms in total. The van der Waals surface area contributed by atoms with Crippen LogP contribution >= 0.6 is 0 Å². The second kappa shape index (κ2) is 8.98. The maximum Gasteiger partial charge on any atom is 0.123 e. The highest BCUT2D eigenvalue weighted by molar-refractivity contribution is 5.38. The highest BCUT2D eigenvalue weighted by Gasteiger charge is 2.11. The summed E-state index contributed by atoms with van der Waals surface area (Å²) in [6, 6.07) is 6.93. The third-order valence-electron chi connectivity index (χ3n) is 3.79. The Bertz CT molecular complexity index is 389. The van der Waals surface area contributed by atoms with Gasteiger partial charge in [-0.25, -0.2) is 0 Å². The molecule has 0 aliphatic heterocycles. The van der Waals surface area contributed by atoms with Crippen molar-refractivity contribution in [3.05, 3.63) is 29.3 Å². The summed E-state index contributed by atoms with van der Waals surface area (Å²) in [5.41, 5.74) is 2.61. The van der Waals surface area contributed by atoms with Gasteiger partial charge >= 0.3 is 0 Å². The Morgan fingerprint density at radius 1 is 1.20 bits per heavy atom. The Hall–Kier alpha value is -1.06. The smallest absolute Gasteiger partial charge is 0.123 e. The first-order chi connectivity index (χ1) is 9.65. The van der Waals surface area contributed by atoms with Gasteiger partial charge in [-0.15, -0.1) is 0 Å². The molecular weight excluding hydrogens is 248 g/mol. The fourth-order valence-corrected chi connectivity index (χ4v) is 2.36. The van der Waals surface area contributed by atoms with Gasteiger partial charge in [-0.05, 0) is 50.7 Å². The van der Waals surface area contributed by atoms with Crippen LogP contribution in [0.15, 0.2) is 18.2 Å². The number of benzene rings is 1. The summed E-state index contributed by atoms with van der Waals surface area (Å²) in [5.74, 6) is 0.989. The number of hydrogen-bond acceptors (Lipinski definition) is 3. The maximum absolute atomic E-state index is 5.50. The number of nitrogens with one attached hydrogen (secondary N) is 1. The summed E-state index contributed by atoms with van der Waals surface area (Å²) in [6.45, 7) is 12.9. The monoisotopic (exact) mass is 278 g/mol. The third kappa shape index (κ3) is 4.80. The van der Waals surface area contributed by atoms with E-state index in [1.807, 2.05) is 0 Å². The van der Waals surface area contributed by atoms with E-state index in [-0.39, 0.29) is 0 Å². The topological polar surface area (TPSA) is 24.5 Å². The van der Waals surface area contributed by atoms with Crippen LogP contribution in [0.3, 0.4) is 0 Å². The van der Waals surface area contributed by atoms with E-state index in [0.29, 0.717) is 6.04 Å². The SMILES string of the molecule is CCCNC(C)c1ccc(OC)c(CN(CC)CC)c1. The molecule has 0 amide bonds. The van der Waals surface area contributed by atoms with Gasteiger partial charge in [0.05, 0.1) is 7.11 Å². The van der Waals surface area contributed by atoms with Crippen LogP contribution in [0.2, 0.25) is 0 Å². The molecule has 1 aromatic rings. The van der Waals surface area contributed by atoms with Crippen molar-refractivity contribution in [1.29, 1.82) is 0 Å². The molecule has 1 unspecified atom stereocenters. The molecule has 0 saturated heterocycles. The highest BCUT2D eigenvalue weighted by atomic mass is 16.5. The van der Waals surface area contributed by atoms with Crippen molar-refractivity contribution in [3.63, 3.8) is 0 Å². The first-order valence-electron chi connectivity index (χ1n) is 7.78. The first kappa shape index (κ1) is 17.0. The normalized spacial score (nSPS) is 12.7. The van der Waals surface area contributed by atoms with Crippen molar-refractivity contribution < 1.29 is 4.74 Å². The van der Waals surface area contributed by atoms with E-state index < -0.39 is 0 Å². The third-order valence-corrected chi connectivity index (χ3v) is 3.79. The molecule has 1 aromatic carbocycles. The van der Waals surface area contributed by atoms with Crippen LogP contribution in [0.4, 0.5) is 0 Å². The minimum Gasteiger partial charge on any atom is -0.496 e. The molecule has 3 heteroatoms. The largest absolute Gasteiger partial charge is 0.496 e. The summed E-state index contributed by atoms with van der Waals surface area (Å²) >= 11 is 0. The second-order valence-corrected chi connectivity index (χ2v) is 5.21. The Kier molecular flexibility index (Phi) is 7.63. The zero-order valence-electron chi connectivity index (χ0n) is 13.7. The van der Waals surface area contributed by atoms with Crippen molar-refractivity contribution in [1.82, 2.24) is 10.2 Å². The van der Waals surface area contributed by atoms with Gasteiger partial charge < -0.3 is 10.1 Å². The van der Waals surface area contributed by atoms with Gasteiger partial charge in [-0.1, -0.05) is 26.8 Å². The van der Waals surface area contributed by atoms with Crippen LogP contribution in [0.25, 0.3) is 0 Å². The van der Waals surface area contributed by atoms with E-state index in [1.54, 1.807) is 7.11 Å². The molecule has 0 heterocycles. The summed E-state index contributed by atoms with van der Waals surface area (Å²) in [5, 5.41) is 3.54. The molecule has 0 aliphatic carbocycles. The van der Waals surface area contributed by atoms with E-state index in [1.165, 1.54) is 11.1 Å². The average Bonchev–Trinajstić information content (AvgIpc) is 2.49. The fourth-order valence-electron chi connectivity index (χ4n) is 2.36. The molecule has 1 atom stereocenters. The molecule has 0 spiro atoms. The molecule has 1 rings (SSSR count). The molecular formula is C17H30N2O. The lowest BCUT2D eigenvalue weighted by Gasteiger charge is -2.21. The molecule has 0 fully saturated rings. The number of nitrogens with zero attached hydrogens (tertiary/aromatic N) is 1. The Morgan fingerprint density at radius 3 is 2.45 bits per heavy atom. The van der Waals surface area contributed by atoms with Crippen LogP contribution in [-0.4, -0.2) is 31.6 Å². The van der Waals surface area contributed by atoms with Crippen LogP contribution in [0.5, 0.6) is 5.75 Å². The molecule has 114 valence electrons. The minimum atomic E-state index is 0.385. The number of methoxy groups -OCH3 is 1. The lowest BCUT2D eigenvalue weighted by Crippen LogP contribution is -2.23. The lowest BCUT2D eigenvalue weighted by atomic mass is 10.0. The van der Waals surface area contributed by atoms with E-state index in [9.17, 15) is 0 Å². The van der Waals surface area contributed by atoms with Crippen LogP contribution < -0.4 is 10.1 Å². The van der Waals surface area contributed by atoms with Gasteiger partial charge in [0, 0.05) is 18.2 Å². The average molecular weight is 278 g/mol. The van der Waals surface area contributed by atoms with Crippen LogP contribution in [0.1, 0.15) is 51.3 Å². The first-order valence-corrected chi connectivity index (χ1v) is 7.78. The quantitative estimate of drug-likeness (QED) is 0.747. The zero-order valence-corrected chi connectivity index (χ0v) is 13.7. The highest BCUT2D eigenvalue weighted by Crippen LogP contribution is 2.24. The second-order valence-electron chi connectivity index (χ2n) is 5.21. The fraction of sp³-hybridized carbons (Fsp3) is 0.647. The van der Waals surface area contributed by atoms with Gasteiger partial charge in [-0.3, -0.25) is 4.90 Å². The standard InChI is InChI=1S/C17H30N2O/c1-6-11-18-14(4)15-9-10-17(20-5)16(12-15)13-19(7-2)8-3/h9-10,12,14,18H,6-8,11,13H2,1-5H3. The van der Waals surface area contributed by atoms with E-state index in [4.69, 9.17) is 4.74 Å². The predicted molar refractivity (Wildman–Crippen MR) is 86.3 cm³/mol. The van der Waals surface area contributed by atoms with E-state index in [2.05, 4.69) is 56.1 Å². The van der Waals surface area contributed by atoms with Crippen molar-refractivity contribution >= 4 is 0 Å². The molecule has 0 aromatic heterocycles. The molecule has 0 aliphatic rings. The van der Waals surface area contributed by atoms with Crippen molar-refractivity contribution in [2.45, 2.75) is 46.7 Å². The van der Waals surface area contributed by atoms with E-state index >= 15 is 0 Å². The van der Waals surface area contributed by atoms with E-state index in [0.717, 1.165) is 38.3 Å². The Labute approximate surface area is 124 Å². The Balaban J connectivity index is 2.89. The summed E-state index contributed by atoms with van der Waals surface area (Å²) in [4.78, 5) is 2.41.